The molecule has 1 saturated carbocycles. The van der Waals surface area contributed by atoms with Gasteiger partial charge in [0, 0.05) is 18.9 Å². The van der Waals surface area contributed by atoms with Gasteiger partial charge in [0.2, 0.25) is 0 Å². The molecule has 0 amide bonds. The summed E-state index contributed by atoms with van der Waals surface area (Å²) in [5.41, 5.74) is 8.43. The van der Waals surface area contributed by atoms with Crippen LogP contribution >= 0.6 is 0 Å². The molecule has 3 rings (SSSR count). The first-order valence-corrected chi connectivity index (χ1v) is 6.66. The lowest BCUT2D eigenvalue weighted by atomic mass is 9.69. The molecular formula is C16H20FNO. The predicted octanol–water partition coefficient (Wildman–Crippen LogP) is 3.31. The van der Waals surface area contributed by atoms with Crippen molar-refractivity contribution >= 4 is 5.78 Å². The molecule has 0 heterocycles. The van der Waals surface area contributed by atoms with Gasteiger partial charge in [-0.15, -0.1) is 13.2 Å². The van der Waals surface area contributed by atoms with E-state index in [0.29, 0.717) is 18.6 Å². The summed E-state index contributed by atoms with van der Waals surface area (Å²) >= 11 is 0. The van der Waals surface area contributed by atoms with Crippen LogP contribution in [0.3, 0.4) is 0 Å². The molecule has 0 aromatic heterocycles. The third-order valence-electron chi connectivity index (χ3n) is 4.45. The average Bonchev–Trinajstić information content (AvgIpc) is 2.68. The zero-order chi connectivity index (χ0) is 14.0. The molecule has 1 aromatic carbocycles. The Morgan fingerprint density at radius 3 is 2.53 bits per heavy atom. The average molecular weight is 261 g/mol. The molecule has 3 heteroatoms. The van der Waals surface area contributed by atoms with E-state index in [4.69, 9.17) is 5.73 Å². The molecule has 1 spiro atoms. The van der Waals surface area contributed by atoms with Crippen molar-refractivity contribution in [2.45, 2.75) is 38.1 Å². The van der Waals surface area contributed by atoms with E-state index >= 15 is 0 Å². The predicted molar refractivity (Wildman–Crippen MR) is 74.2 cm³/mol. The van der Waals surface area contributed by atoms with Crippen molar-refractivity contribution in [3.05, 3.63) is 48.3 Å². The molecule has 19 heavy (non-hydrogen) atoms. The van der Waals surface area contributed by atoms with E-state index in [-0.39, 0.29) is 17.3 Å². The second-order valence-corrected chi connectivity index (χ2v) is 5.40. The van der Waals surface area contributed by atoms with Gasteiger partial charge in [0.1, 0.15) is 11.6 Å². The summed E-state index contributed by atoms with van der Waals surface area (Å²) < 4.78 is 13.2. The van der Waals surface area contributed by atoms with E-state index in [2.05, 4.69) is 13.2 Å². The van der Waals surface area contributed by atoms with E-state index in [1.807, 2.05) is 0 Å². The quantitative estimate of drug-likeness (QED) is 0.728. The van der Waals surface area contributed by atoms with Crippen molar-refractivity contribution in [3.8, 4) is 0 Å². The number of fused-ring (bicyclic) bond motifs is 1. The number of hydrogen-bond acceptors (Lipinski definition) is 2. The minimum Gasteiger partial charge on any atom is -0.323 e. The second-order valence-electron chi connectivity index (χ2n) is 5.40. The number of rotatable bonds is 0. The highest BCUT2D eigenvalue weighted by atomic mass is 19.1. The number of ketones is 1. The van der Waals surface area contributed by atoms with Crippen LogP contribution in [-0.2, 0) is 11.2 Å². The molecule has 0 radical (unpaired) electrons. The van der Waals surface area contributed by atoms with Gasteiger partial charge in [0.25, 0.3) is 0 Å². The van der Waals surface area contributed by atoms with Gasteiger partial charge in [0.05, 0.1) is 0 Å². The van der Waals surface area contributed by atoms with Gasteiger partial charge >= 0.3 is 0 Å². The van der Waals surface area contributed by atoms with E-state index < -0.39 is 0 Å². The number of carbonyl (C=O) groups is 1. The Kier molecular flexibility index (Phi) is 3.85. The van der Waals surface area contributed by atoms with Crippen LogP contribution in [0.5, 0.6) is 0 Å². The molecule has 102 valence electrons. The van der Waals surface area contributed by atoms with Crippen LogP contribution in [0.1, 0.15) is 42.9 Å². The van der Waals surface area contributed by atoms with Crippen LogP contribution in [0, 0.1) is 11.2 Å². The first-order chi connectivity index (χ1) is 9.11. The Balaban J connectivity index is 0.000000637. The lowest BCUT2D eigenvalue weighted by molar-refractivity contribution is -0.122. The lowest BCUT2D eigenvalue weighted by Gasteiger charge is -2.36. The summed E-state index contributed by atoms with van der Waals surface area (Å²) in [6, 6.07) is 4.85. The second kappa shape index (κ2) is 5.25. The zero-order valence-electron chi connectivity index (χ0n) is 11.1. The molecule has 1 aromatic rings. The summed E-state index contributed by atoms with van der Waals surface area (Å²) in [7, 11) is 0. The van der Waals surface area contributed by atoms with Crippen molar-refractivity contribution < 1.29 is 9.18 Å². The summed E-state index contributed by atoms with van der Waals surface area (Å²) in [6.07, 6.45) is 3.79. The van der Waals surface area contributed by atoms with Crippen molar-refractivity contribution in [3.63, 3.8) is 0 Å². The van der Waals surface area contributed by atoms with Crippen molar-refractivity contribution in [2.24, 2.45) is 11.1 Å². The molecule has 2 nitrogen and oxygen atoms in total. The Morgan fingerprint density at radius 2 is 1.89 bits per heavy atom. The molecule has 1 unspecified atom stereocenters. The van der Waals surface area contributed by atoms with Crippen molar-refractivity contribution in [2.75, 3.05) is 0 Å². The largest absolute Gasteiger partial charge is 0.323 e. The van der Waals surface area contributed by atoms with Gasteiger partial charge < -0.3 is 5.73 Å². The van der Waals surface area contributed by atoms with Gasteiger partial charge in [-0.1, -0.05) is 6.07 Å². The van der Waals surface area contributed by atoms with E-state index in [1.54, 1.807) is 12.1 Å². The number of nitrogens with two attached hydrogens (primary N) is 1. The van der Waals surface area contributed by atoms with Gasteiger partial charge in [-0.2, -0.15) is 0 Å². The number of carbonyl (C=O) groups excluding carboxylic acids is 1. The first kappa shape index (κ1) is 13.9. The molecule has 1 fully saturated rings. The van der Waals surface area contributed by atoms with Crippen LogP contribution in [0.2, 0.25) is 0 Å². The monoisotopic (exact) mass is 261 g/mol. The molecular weight excluding hydrogens is 241 g/mol. The maximum atomic E-state index is 13.2. The first-order valence-electron chi connectivity index (χ1n) is 6.66. The summed E-state index contributed by atoms with van der Waals surface area (Å²) in [4.78, 5) is 11.3. The van der Waals surface area contributed by atoms with Crippen LogP contribution in [-0.4, -0.2) is 5.78 Å². The minimum atomic E-state index is -0.195. The highest BCUT2D eigenvalue weighted by Gasteiger charge is 2.45. The smallest absolute Gasteiger partial charge is 0.132 e. The number of halogens is 1. The molecule has 0 saturated heterocycles. The normalized spacial score (nSPS) is 23.7. The zero-order valence-corrected chi connectivity index (χ0v) is 11.1. The summed E-state index contributed by atoms with van der Waals surface area (Å²) in [5.74, 6) is 0.143. The Morgan fingerprint density at radius 1 is 1.26 bits per heavy atom. The summed E-state index contributed by atoms with van der Waals surface area (Å²) in [6.45, 7) is 6.00. The fourth-order valence-electron chi connectivity index (χ4n) is 3.36. The van der Waals surface area contributed by atoms with Crippen LogP contribution in [0.15, 0.2) is 31.4 Å². The van der Waals surface area contributed by atoms with Crippen LogP contribution in [0.4, 0.5) is 4.39 Å². The van der Waals surface area contributed by atoms with E-state index in [1.165, 1.54) is 6.07 Å². The van der Waals surface area contributed by atoms with Gasteiger partial charge in [-0.25, -0.2) is 4.39 Å². The topological polar surface area (TPSA) is 43.1 Å². The highest BCUT2D eigenvalue weighted by molar-refractivity contribution is 5.79. The van der Waals surface area contributed by atoms with E-state index in [9.17, 15) is 9.18 Å². The Bertz CT molecular complexity index is 488. The van der Waals surface area contributed by atoms with E-state index in [0.717, 1.165) is 30.4 Å². The molecule has 1 atom stereocenters. The third kappa shape index (κ3) is 2.35. The standard InChI is InChI=1S/C14H16FNO.C2H4/c15-10-1-2-12-9(7-10)8-14(13(12)16)5-3-11(17)4-6-14;1-2/h1-2,7,13H,3-6,8,16H2;1-2H2. The molecule has 0 aliphatic heterocycles. The Labute approximate surface area is 113 Å². The fraction of sp³-hybridized carbons (Fsp3) is 0.438. The van der Waals surface area contributed by atoms with Gasteiger partial charge in [-0.3, -0.25) is 4.79 Å². The fourth-order valence-corrected chi connectivity index (χ4v) is 3.36. The van der Waals surface area contributed by atoms with Crippen molar-refractivity contribution in [1.82, 2.24) is 0 Å². The molecule has 2 N–H and O–H groups in total. The van der Waals surface area contributed by atoms with Gasteiger partial charge in [0.15, 0.2) is 0 Å². The summed E-state index contributed by atoms with van der Waals surface area (Å²) in [5, 5.41) is 0. The SMILES string of the molecule is C=C.NC1c2ccc(F)cc2CC12CCC(=O)CC2. The number of benzene rings is 1. The minimum absolute atomic E-state index is 0.00400. The number of hydrogen-bond donors (Lipinski definition) is 1. The van der Waals surface area contributed by atoms with Crippen LogP contribution < -0.4 is 5.73 Å². The number of Topliss-reactive ketones (excluding diaryl/α,β-unsaturated/α-hetero) is 1. The highest BCUT2D eigenvalue weighted by Crippen LogP contribution is 2.52. The third-order valence-corrected chi connectivity index (χ3v) is 4.45. The lowest BCUT2D eigenvalue weighted by Crippen LogP contribution is -2.35. The van der Waals surface area contributed by atoms with Gasteiger partial charge in [-0.05, 0) is 47.9 Å². The molecule has 2 aliphatic carbocycles. The van der Waals surface area contributed by atoms with Crippen molar-refractivity contribution in [1.29, 1.82) is 0 Å². The maximum absolute atomic E-state index is 13.2. The van der Waals surface area contributed by atoms with Crippen LogP contribution in [0.25, 0.3) is 0 Å². The molecule has 0 bridgehead atoms. The molecule has 2 aliphatic rings. The maximum Gasteiger partial charge on any atom is 0.132 e. The Hall–Kier alpha value is -1.48.